The van der Waals surface area contributed by atoms with Gasteiger partial charge in [0.25, 0.3) is 0 Å². The van der Waals surface area contributed by atoms with Crippen LogP contribution in [0.4, 0.5) is 5.69 Å². The van der Waals surface area contributed by atoms with Gasteiger partial charge in [0, 0.05) is 24.7 Å². The molecule has 21 heavy (non-hydrogen) atoms. The number of amides is 2. The molecule has 0 aromatic heterocycles. The molecular weight excluding hydrogens is 266 g/mol. The minimum Gasteiger partial charge on any atom is -0.331 e. The van der Waals surface area contributed by atoms with Crippen LogP contribution < -0.4 is 10.2 Å². The molecule has 0 unspecified atom stereocenters. The number of carbonyl (C=O) groups excluding carboxylic acids is 2. The van der Waals surface area contributed by atoms with Crippen LogP contribution in [-0.4, -0.2) is 49.4 Å². The minimum atomic E-state index is 0.00901. The standard InChI is InChI=1S/C16H21N3O2/c20-15-12-18(16(21)13-6-8-17-9-7-13)10-11-19(15)14-4-2-1-3-5-14/h1-5,13,17H,6-12H2. The summed E-state index contributed by atoms with van der Waals surface area (Å²) in [5, 5.41) is 3.26. The fourth-order valence-corrected chi connectivity index (χ4v) is 3.07. The quantitative estimate of drug-likeness (QED) is 0.878. The van der Waals surface area contributed by atoms with Gasteiger partial charge in [0.15, 0.2) is 0 Å². The maximum atomic E-state index is 12.5. The molecule has 0 spiro atoms. The largest absolute Gasteiger partial charge is 0.331 e. The van der Waals surface area contributed by atoms with Gasteiger partial charge in [-0.05, 0) is 38.1 Å². The van der Waals surface area contributed by atoms with E-state index in [1.165, 1.54) is 0 Å². The lowest BCUT2D eigenvalue weighted by atomic mass is 9.96. The molecule has 1 aromatic rings. The molecule has 2 aliphatic rings. The van der Waals surface area contributed by atoms with E-state index in [4.69, 9.17) is 0 Å². The normalized spacial score (nSPS) is 20.7. The van der Waals surface area contributed by atoms with Crippen molar-refractivity contribution in [1.29, 1.82) is 0 Å². The Hall–Kier alpha value is -1.88. The average Bonchev–Trinajstić information content (AvgIpc) is 2.55. The van der Waals surface area contributed by atoms with E-state index in [0.717, 1.165) is 31.6 Å². The third-order valence-electron chi connectivity index (χ3n) is 4.29. The molecule has 2 fully saturated rings. The SMILES string of the molecule is O=C(C1CCNCC1)N1CCN(c2ccccc2)C(=O)C1. The number of hydrogen-bond donors (Lipinski definition) is 1. The van der Waals surface area contributed by atoms with E-state index in [9.17, 15) is 9.59 Å². The van der Waals surface area contributed by atoms with Gasteiger partial charge in [-0.2, -0.15) is 0 Å². The van der Waals surface area contributed by atoms with Crippen molar-refractivity contribution >= 4 is 17.5 Å². The molecule has 112 valence electrons. The molecule has 2 saturated heterocycles. The van der Waals surface area contributed by atoms with Crippen LogP contribution in [0.15, 0.2) is 30.3 Å². The molecule has 2 heterocycles. The minimum absolute atomic E-state index is 0.00901. The van der Waals surface area contributed by atoms with Gasteiger partial charge in [0.1, 0.15) is 6.54 Å². The van der Waals surface area contributed by atoms with Gasteiger partial charge in [0.2, 0.25) is 11.8 Å². The van der Waals surface area contributed by atoms with Crippen LogP contribution in [0, 0.1) is 5.92 Å². The van der Waals surface area contributed by atoms with E-state index in [-0.39, 0.29) is 24.3 Å². The van der Waals surface area contributed by atoms with Crippen molar-refractivity contribution in [1.82, 2.24) is 10.2 Å². The summed E-state index contributed by atoms with van der Waals surface area (Å²) in [5.74, 6) is 0.245. The van der Waals surface area contributed by atoms with Crippen LogP contribution >= 0.6 is 0 Å². The Balaban J connectivity index is 1.63. The van der Waals surface area contributed by atoms with Crippen LogP contribution in [0.5, 0.6) is 0 Å². The highest BCUT2D eigenvalue weighted by Crippen LogP contribution is 2.20. The zero-order valence-electron chi connectivity index (χ0n) is 12.1. The van der Waals surface area contributed by atoms with E-state index in [1.807, 2.05) is 30.3 Å². The zero-order valence-corrected chi connectivity index (χ0v) is 12.1. The number of hydrogen-bond acceptors (Lipinski definition) is 3. The fourth-order valence-electron chi connectivity index (χ4n) is 3.07. The number of piperazine rings is 1. The number of anilines is 1. The summed E-state index contributed by atoms with van der Waals surface area (Å²) < 4.78 is 0. The summed E-state index contributed by atoms with van der Waals surface area (Å²) >= 11 is 0. The summed E-state index contributed by atoms with van der Waals surface area (Å²) in [7, 11) is 0. The van der Waals surface area contributed by atoms with Gasteiger partial charge >= 0.3 is 0 Å². The molecule has 0 saturated carbocycles. The number of nitrogens with zero attached hydrogens (tertiary/aromatic N) is 2. The summed E-state index contributed by atoms with van der Waals surface area (Å²) in [6.07, 6.45) is 1.76. The van der Waals surface area contributed by atoms with Crippen LogP contribution in [0.3, 0.4) is 0 Å². The Bertz CT molecular complexity index is 512. The maximum absolute atomic E-state index is 12.5. The first-order valence-electron chi connectivity index (χ1n) is 7.60. The summed E-state index contributed by atoms with van der Waals surface area (Å²) in [4.78, 5) is 28.3. The summed E-state index contributed by atoms with van der Waals surface area (Å²) in [6, 6.07) is 9.65. The van der Waals surface area contributed by atoms with Gasteiger partial charge in [-0.1, -0.05) is 18.2 Å². The van der Waals surface area contributed by atoms with Crippen LogP contribution in [0.1, 0.15) is 12.8 Å². The number of benzene rings is 1. The topological polar surface area (TPSA) is 52.7 Å². The zero-order chi connectivity index (χ0) is 14.7. The third kappa shape index (κ3) is 3.08. The van der Waals surface area contributed by atoms with Crippen molar-refractivity contribution in [3.8, 4) is 0 Å². The fraction of sp³-hybridized carbons (Fsp3) is 0.500. The van der Waals surface area contributed by atoms with Gasteiger partial charge in [-0.3, -0.25) is 9.59 Å². The number of nitrogens with one attached hydrogen (secondary N) is 1. The molecule has 0 aliphatic carbocycles. The number of rotatable bonds is 2. The molecule has 1 aromatic carbocycles. The van der Waals surface area contributed by atoms with Gasteiger partial charge in [-0.15, -0.1) is 0 Å². The molecule has 5 heteroatoms. The van der Waals surface area contributed by atoms with Crippen molar-refractivity contribution in [3.05, 3.63) is 30.3 Å². The highest BCUT2D eigenvalue weighted by molar-refractivity contribution is 5.98. The number of para-hydroxylation sites is 1. The summed E-state index contributed by atoms with van der Waals surface area (Å²) in [5.41, 5.74) is 0.913. The first kappa shape index (κ1) is 14.1. The van der Waals surface area contributed by atoms with E-state index < -0.39 is 0 Å². The third-order valence-corrected chi connectivity index (χ3v) is 4.29. The lowest BCUT2D eigenvalue weighted by Gasteiger charge is -2.36. The van der Waals surface area contributed by atoms with E-state index in [2.05, 4.69) is 5.32 Å². The molecule has 2 amide bonds. The molecular formula is C16H21N3O2. The first-order valence-corrected chi connectivity index (χ1v) is 7.60. The van der Waals surface area contributed by atoms with Crippen molar-refractivity contribution in [2.45, 2.75) is 12.8 Å². The van der Waals surface area contributed by atoms with Crippen molar-refractivity contribution in [2.75, 3.05) is 37.6 Å². The van der Waals surface area contributed by atoms with Crippen LogP contribution in [0.25, 0.3) is 0 Å². The molecule has 0 atom stereocenters. The Labute approximate surface area is 124 Å². The van der Waals surface area contributed by atoms with Crippen molar-refractivity contribution < 1.29 is 9.59 Å². The van der Waals surface area contributed by atoms with Gasteiger partial charge in [0.05, 0.1) is 0 Å². The smallest absolute Gasteiger partial charge is 0.246 e. The monoisotopic (exact) mass is 287 g/mol. The van der Waals surface area contributed by atoms with Gasteiger partial charge in [-0.25, -0.2) is 0 Å². The Morgan fingerprint density at radius 3 is 2.48 bits per heavy atom. The first-order chi connectivity index (χ1) is 10.3. The average molecular weight is 287 g/mol. The highest BCUT2D eigenvalue weighted by Gasteiger charge is 2.32. The number of piperidine rings is 1. The Morgan fingerprint density at radius 1 is 1.10 bits per heavy atom. The maximum Gasteiger partial charge on any atom is 0.246 e. The van der Waals surface area contributed by atoms with Crippen LogP contribution in [0.2, 0.25) is 0 Å². The second-order valence-electron chi connectivity index (χ2n) is 5.66. The lowest BCUT2D eigenvalue weighted by molar-refractivity contribution is -0.140. The van der Waals surface area contributed by atoms with Crippen molar-refractivity contribution in [3.63, 3.8) is 0 Å². The molecule has 5 nitrogen and oxygen atoms in total. The Morgan fingerprint density at radius 2 is 1.81 bits per heavy atom. The second-order valence-corrected chi connectivity index (χ2v) is 5.66. The summed E-state index contributed by atoms with van der Waals surface area (Å²) in [6.45, 7) is 3.21. The molecule has 0 radical (unpaired) electrons. The highest BCUT2D eigenvalue weighted by atomic mass is 16.2. The molecule has 2 aliphatic heterocycles. The predicted molar refractivity (Wildman–Crippen MR) is 81.0 cm³/mol. The van der Waals surface area contributed by atoms with E-state index >= 15 is 0 Å². The Kier molecular flexibility index (Phi) is 4.20. The van der Waals surface area contributed by atoms with Crippen molar-refractivity contribution in [2.24, 2.45) is 5.92 Å². The van der Waals surface area contributed by atoms with E-state index in [1.54, 1.807) is 9.80 Å². The molecule has 1 N–H and O–H groups in total. The number of carbonyl (C=O) groups is 2. The molecule has 3 rings (SSSR count). The van der Waals surface area contributed by atoms with Gasteiger partial charge < -0.3 is 15.1 Å². The van der Waals surface area contributed by atoms with E-state index in [0.29, 0.717) is 13.1 Å². The second kappa shape index (κ2) is 6.26. The lowest BCUT2D eigenvalue weighted by Crippen LogP contribution is -2.54. The van der Waals surface area contributed by atoms with Crippen LogP contribution in [-0.2, 0) is 9.59 Å². The predicted octanol–water partition coefficient (Wildman–Crippen LogP) is 0.861. The molecule has 0 bridgehead atoms.